The highest BCUT2D eigenvalue weighted by Gasteiger charge is 2.24. The molecular weight excluding hydrogens is 377 g/mol. The fourth-order valence-electron chi connectivity index (χ4n) is 3.07. The number of piperazine rings is 1. The van der Waals surface area contributed by atoms with Crippen molar-refractivity contribution in [1.82, 2.24) is 19.6 Å². The molecule has 144 valence electrons. The van der Waals surface area contributed by atoms with E-state index in [-0.39, 0.29) is 29.7 Å². The quantitative estimate of drug-likeness (QED) is 0.572. The Bertz CT molecular complexity index is 844. The number of amides is 1. The summed E-state index contributed by atoms with van der Waals surface area (Å²) in [6.45, 7) is 4.04. The van der Waals surface area contributed by atoms with E-state index in [1.165, 1.54) is 23.9 Å². The molecule has 27 heavy (non-hydrogen) atoms. The third-order valence-electron chi connectivity index (χ3n) is 4.58. The first-order valence-corrected chi connectivity index (χ1v) is 8.84. The van der Waals surface area contributed by atoms with Gasteiger partial charge in [0.2, 0.25) is 5.91 Å². The van der Waals surface area contributed by atoms with Crippen LogP contribution in [0.1, 0.15) is 11.3 Å². The molecule has 0 N–H and O–H groups in total. The molecule has 0 aliphatic carbocycles. The molecule has 1 aromatic carbocycles. The van der Waals surface area contributed by atoms with E-state index in [0.717, 1.165) is 0 Å². The number of nitrogens with zero attached hydrogens (tertiary/aromatic N) is 5. The van der Waals surface area contributed by atoms with Crippen LogP contribution < -0.4 is 0 Å². The summed E-state index contributed by atoms with van der Waals surface area (Å²) >= 11 is 6.07. The molecule has 10 heteroatoms. The van der Waals surface area contributed by atoms with E-state index < -0.39 is 4.92 Å². The third kappa shape index (κ3) is 4.42. The number of benzene rings is 1. The van der Waals surface area contributed by atoms with Crippen LogP contribution in [0.2, 0.25) is 5.02 Å². The van der Waals surface area contributed by atoms with E-state index >= 15 is 0 Å². The summed E-state index contributed by atoms with van der Waals surface area (Å²) in [5.74, 6) is -0.493. The van der Waals surface area contributed by atoms with Crippen LogP contribution in [0.3, 0.4) is 0 Å². The van der Waals surface area contributed by atoms with Crippen LogP contribution in [0.15, 0.2) is 24.4 Å². The number of nitro groups is 1. The first kappa shape index (κ1) is 19.2. The second-order valence-corrected chi connectivity index (χ2v) is 6.82. The Morgan fingerprint density at radius 1 is 1.33 bits per heavy atom. The zero-order chi connectivity index (χ0) is 19.6. The molecule has 0 atom stereocenters. The summed E-state index contributed by atoms with van der Waals surface area (Å²) in [5, 5.41) is 15.3. The summed E-state index contributed by atoms with van der Waals surface area (Å²) < 4.78 is 15.2. The molecule has 1 amide bonds. The summed E-state index contributed by atoms with van der Waals surface area (Å²) in [7, 11) is 0. The standard InChI is InChI=1S/C17H19ClFN5O3/c1-12-16(24(26)27)10-23(20-12)11-17(25)22-7-5-21(6-8-22)9-13-14(18)3-2-4-15(13)19/h2-4,10H,5-9,11H2,1H3. The van der Waals surface area contributed by atoms with Crippen molar-refractivity contribution in [3.05, 3.63) is 56.6 Å². The third-order valence-corrected chi connectivity index (χ3v) is 4.94. The van der Waals surface area contributed by atoms with Crippen LogP contribution in [0.25, 0.3) is 0 Å². The number of halogens is 2. The van der Waals surface area contributed by atoms with Gasteiger partial charge >= 0.3 is 5.69 Å². The number of carbonyl (C=O) groups is 1. The average Bonchev–Trinajstić information content (AvgIpc) is 2.99. The highest BCUT2D eigenvalue weighted by Crippen LogP contribution is 2.21. The molecule has 0 bridgehead atoms. The predicted molar refractivity (Wildman–Crippen MR) is 96.9 cm³/mol. The van der Waals surface area contributed by atoms with Crippen molar-refractivity contribution in [3.63, 3.8) is 0 Å². The van der Waals surface area contributed by atoms with Gasteiger partial charge in [0.05, 0.1) is 4.92 Å². The van der Waals surface area contributed by atoms with Gasteiger partial charge in [-0.2, -0.15) is 5.10 Å². The molecule has 1 aliphatic heterocycles. The van der Waals surface area contributed by atoms with Crippen molar-refractivity contribution in [2.45, 2.75) is 20.0 Å². The molecule has 0 spiro atoms. The van der Waals surface area contributed by atoms with Gasteiger partial charge in [0.1, 0.15) is 24.3 Å². The monoisotopic (exact) mass is 395 g/mol. The van der Waals surface area contributed by atoms with E-state index in [4.69, 9.17) is 11.6 Å². The first-order chi connectivity index (χ1) is 12.8. The molecular formula is C17H19ClFN5O3. The van der Waals surface area contributed by atoms with Gasteiger partial charge in [0.15, 0.2) is 0 Å². The maximum absolute atomic E-state index is 13.9. The Labute approximate surface area is 160 Å². The topological polar surface area (TPSA) is 84.5 Å². The van der Waals surface area contributed by atoms with Gasteiger partial charge in [-0.05, 0) is 19.1 Å². The van der Waals surface area contributed by atoms with Crippen LogP contribution in [0, 0.1) is 22.9 Å². The predicted octanol–water partition coefficient (Wildman–Crippen LogP) is 2.24. The van der Waals surface area contributed by atoms with E-state index in [0.29, 0.717) is 43.3 Å². The van der Waals surface area contributed by atoms with Crippen LogP contribution in [0.5, 0.6) is 0 Å². The molecule has 3 rings (SSSR count). The number of rotatable bonds is 5. The minimum absolute atomic E-state index is 0.0478. The highest BCUT2D eigenvalue weighted by molar-refractivity contribution is 6.31. The molecule has 2 heterocycles. The maximum atomic E-state index is 13.9. The Morgan fingerprint density at radius 2 is 2.04 bits per heavy atom. The van der Waals surface area contributed by atoms with Gasteiger partial charge in [-0.1, -0.05) is 17.7 Å². The lowest BCUT2D eigenvalue weighted by molar-refractivity contribution is -0.385. The number of hydrogen-bond donors (Lipinski definition) is 0. The Balaban J connectivity index is 1.55. The first-order valence-electron chi connectivity index (χ1n) is 8.46. The smallest absolute Gasteiger partial charge is 0.309 e. The fourth-order valence-corrected chi connectivity index (χ4v) is 3.29. The highest BCUT2D eigenvalue weighted by atomic mass is 35.5. The number of hydrogen-bond acceptors (Lipinski definition) is 5. The SMILES string of the molecule is Cc1nn(CC(=O)N2CCN(Cc3c(F)cccc3Cl)CC2)cc1[N+](=O)[O-]. The number of carbonyl (C=O) groups excluding carboxylic acids is 1. The number of aromatic nitrogens is 2. The molecule has 1 aliphatic rings. The van der Waals surface area contributed by atoms with Gasteiger partial charge in [-0.25, -0.2) is 4.39 Å². The Hall–Kier alpha value is -2.52. The summed E-state index contributed by atoms with van der Waals surface area (Å²) in [6, 6.07) is 4.61. The molecule has 1 saturated heterocycles. The molecule has 1 aromatic heterocycles. The van der Waals surface area contributed by atoms with E-state index in [1.54, 1.807) is 17.0 Å². The maximum Gasteiger partial charge on any atom is 0.309 e. The second-order valence-electron chi connectivity index (χ2n) is 6.41. The van der Waals surface area contributed by atoms with E-state index in [9.17, 15) is 19.3 Å². The van der Waals surface area contributed by atoms with Crippen molar-refractivity contribution in [2.24, 2.45) is 0 Å². The van der Waals surface area contributed by atoms with Crippen LogP contribution >= 0.6 is 11.6 Å². The molecule has 0 saturated carbocycles. The van der Waals surface area contributed by atoms with Crippen LogP contribution in [0.4, 0.5) is 10.1 Å². The largest absolute Gasteiger partial charge is 0.339 e. The van der Waals surface area contributed by atoms with Crippen molar-refractivity contribution < 1.29 is 14.1 Å². The lowest BCUT2D eigenvalue weighted by Crippen LogP contribution is -2.49. The molecule has 2 aromatic rings. The van der Waals surface area contributed by atoms with Crippen molar-refractivity contribution in [3.8, 4) is 0 Å². The van der Waals surface area contributed by atoms with Crippen molar-refractivity contribution >= 4 is 23.2 Å². The van der Waals surface area contributed by atoms with Gasteiger partial charge in [0.25, 0.3) is 0 Å². The van der Waals surface area contributed by atoms with Crippen LogP contribution in [-0.4, -0.2) is 56.6 Å². The Kier molecular flexibility index (Phi) is 5.71. The average molecular weight is 396 g/mol. The zero-order valence-electron chi connectivity index (χ0n) is 14.8. The van der Waals surface area contributed by atoms with E-state index in [1.807, 2.05) is 4.90 Å². The number of aryl methyl sites for hydroxylation is 1. The molecule has 8 nitrogen and oxygen atoms in total. The minimum atomic E-state index is -0.518. The van der Waals surface area contributed by atoms with Crippen molar-refractivity contribution in [2.75, 3.05) is 26.2 Å². The Morgan fingerprint density at radius 3 is 2.63 bits per heavy atom. The summed E-state index contributed by atoms with van der Waals surface area (Å²) in [4.78, 5) is 26.5. The normalized spacial score (nSPS) is 15.1. The molecule has 1 fully saturated rings. The molecule has 0 radical (unpaired) electrons. The molecule has 0 unspecified atom stereocenters. The summed E-state index contributed by atoms with van der Waals surface area (Å²) in [6.07, 6.45) is 1.27. The van der Waals surface area contributed by atoms with Gasteiger partial charge in [-0.3, -0.25) is 24.5 Å². The van der Waals surface area contributed by atoms with Gasteiger partial charge in [0, 0.05) is 43.3 Å². The lowest BCUT2D eigenvalue weighted by atomic mass is 10.2. The second kappa shape index (κ2) is 8.01. The van der Waals surface area contributed by atoms with E-state index in [2.05, 4.69) is 5.10 Å². The van der Waals surface area contributed by atoms with Crippen LogP contribution in [-0.2, 0) is 17.9 Å². The van der Waals surface area contributed by atoms with Gasteiger partial charge < -0.3 is 4.90 Å². The fraction of sp³-hybridized carbons (Fsp3) is 0.412. The summed E-state index contributed by atoms with van der Waals surface area (Å²) in [5.41, 5.74) is 0.632. The van der Waals surface area contributed by atoms with Crippen molar-refractivity contribution in [1.29, 1.82) is 0 Å². The minimum Gasteiger partial charge on any atom is -0.339 e. The lowest BCUT2D eigenvalue weighted by Gasteiger charge is -2.35. The zero-order valence-corrected chi connectivity index (χ0v) is 15.5. The van der Waals surface area contributed by atoms with Gasteiger partial charge in [-0.15, -0.1) is 0 Å².